The molecule has 0 saturated heterocycles. The van der Waals surface area contributed by atoms with E-state index in [0.29, 0.717) is 77.6 Å². The Kier molecular flexibility index (Phi) is 19.4. The van der Waals surface area contributed by atoms with E-state index in [1.807, 2.05) is 124 Å². The second kappa shape index (κ2) is 29.6. The number of carbonyl (C=O) groups is 7. The first-order chi connectivity index (χ1) is 52.9. The summed E-state index contributed by atoms with van der Waals surface area (Å²) in [5, 5.41) is 7.42. The Morgan fingerprint density at radius 3 is 0.500 bits per heavy atom. The van der Waals surface area contributed by atoms with Crippen LogP contribution in [0, 0.1) is 55.4 Å². The number of anilines is 2. The number of nitrogen functional groups attached to an aromatic ring is 2. The fourth-order valence-corrected chi connectivity index (χ4v) is 12.8. The molecule has 1 aliphatic rings. The molecule has 11 heterocycles. The van der Waals surface area contributed by atoms with Gasteiger partial charge >= 0.3 is 0 Å². The van der Waals surface area contributed by atoms with Crippen molar-refractivity contribution < 1.29 is 38.7 Å². The summed E-state index contributed by atoms with van der Waals surface area (Å²) in [6.45, 7) is 17.5. The molecule has 17 rings (SSSR count). The summed E-state index contributed by atoms with van der Waals surface area (Å²) in [7, 11) is 0. The SMILES string of the molecule is CC(=O)O.Cc1ccnc(-c2ccc(-c3cc(C)ccn3)c(N)c2N)c1.Cc1ccnc(-c2ccc(-c3cc(C)ccn3)c3nc4c(nc23)c2nc3c(-c5cc(C)ccn5)ccc(-c5cc(C)ccn5)c3nc2c2nc3c(-c5cc(C)ccn5)ccc(-c5cc(C)ccn5)c3nc42)c1.O=C1C(=O)C(=O)C(=O)C(=O)C1=O. The summed E-state index contributed by atoms with van der Waals surface area (Å²) in [6.07, 6.45) is 14.5. The zero-order valence-electron chi connectivity index (χ0n) is 60.7. The summed E-state index contributed by atoms with van der Waals surface area (Å²) in [6, 6.07) is 48.5. The molecule has 110 heavy (non-hydrogen) atoms. The standard InChI is InChI=1S/C60H42N12.C18H18N4.C6O6.C2H4O2/c1-31-13-19-61-43(25-31)37-7-8-38(44-26-32(2)14-20-62-44)50-49(37)67-55-56(68-50)58-60(72-54-42(48-30-36(6)18-24-66-48)12-11-41(53(54)70-58)47-29-35(5)17-23-65-47)59-57(55)69-51-39(45-27-33(3)15-21-63-45)9-10-40(52(51)71-59)46-28-34(4)16-22-64-46;1-11-5-7-21-15(9-11)13-3-4-14(18(20)17(13)19)16-10-12(2)6-8-22-16;7-1-2(8)4(10)6(12)5(11)3(1)9;1-2(3)4/h7-30H,1-6H3;3-10H,19-20H2,1-2H3;;1H3,(H,3,4). The normalized spacial score (nSPS) is 12.1. The van der Waals surface area contributed by atoms with E-state index in [2.05, 4.69) is 124 Å². The van der Waals surface area contributed by atoms with Gasteiger partial charge in [0.2, 0.25) is 0 Å². The van der Waals surface area contributed by atoms with Crippen molar-refractivity contribution in [2.45, 2.75) is 62.3 Å². The summed E-state index contributed by atoms with van der Waals surface area (Å²) < 4.78 is 0. The van der Waals surface area contributed by atoms with Crippen LogP contribution >= 0.6 is 0 Å². The average molecular weight is 1450 g/mol. The summed E-state index contributed by atoms with van der Waals surface area (Å²) >= 11 is 0. The third-order valence-corrected chi connectivity index (χ3v) is 18.2. The predicted octanol–water partition coefficient (Wildman–Crippen LogP) is 14.3. The predicted molar refractivity (Wildman–Crippen MR) is 421 cm³/mol. The molecule has 1 aliphatic carbocycles. The number of Topliss-reactive ketones (excluding diaryl/α,β-unsaturated/α-hetero) is 6. The smallest absolute Gasteiger partial charge is 0.300 e. The molecule has 0 amide bonds. The van der Waals surface area contributed by atoms with Crippen molar-refractivity contribution in [2.24, 2.45) is 0 Å². The van der Waals surface area contributed by atoms with Gasteiger partial charge in [-0.2, -0.15) is 0 Å². The molecule has 0 aliphatic heterocycles. The third-order valence-electron chi connectivity index (χ3n) is 18.2. The van der Waals surface area contributed by atoms with Crippen molar-refractivity contribution in [3.05, 3.63) is 240 Å². The zero-order valence-corrected chi connectivity index (χ0v) is 60.7. The van der Waals surface area contributed by atoms with E-state index >= 15 is 0 Å². The molecule has 1 saturated carbocycles. The van der Waals surface area contributed by atoms with Crippen LogP contribution < -0.4 is 11.5 Å². The highest BCUT2D eigenvalue weighted by Gasteiger charge is 2.47. The van der Waals surface area contributed by atoms with Crippen LogP contribution in [0.3, 0.4) is 0 Å². The number of nitrogens with zero attached hydrogens (tertiary/aromatic N) is 14. The molecule has 0 radical (unpaired) electrons. The number of rotatable bonds is 8. The van der Waals surface area contributed by atoms with Gasteiger partial charge in [0.1, 0.15) is 33.1 Å². The van der Waals surface area contributed by atoms with Crippen LogP contribution in [0.1, 0.15) is 51.4 Å². The number of nitrogens with two attached hydrogens (primary N) is 2. The van der Waals surface area contributed by atoms with Crippen molar-refractivity contribution in [1.82, 2.24) is 69.8 Å². The molecule has 5 N–H and O–H groups in total. The van der Waals surface area contributed by atoms with Gasteiger partial charge in [-0.05, 0) is 245 Å². The maximum absolute atomic E-state index is 10.4. The van der Waals surface area contributed by atoms with E-state index in [-0.39, 0.29) is 0 Å². The van der Waals surface area contributed by atoms with Crippen molar-refractivity contribution in [1.29, 1.82) is 0 Å². The first-order valence-corrected chi connectivity index (χ1v) is 34.5. The number of carboxylic acids is 1. The number of carbonyl (C=O) groups excluding carboxylic acids is 6. The van der Waals surface area contributed by atoms with E-state index in [1.54, 1.807) is 12.4 Å². The minimum atomic E-state index is -1.73. The van der Waals surface area contributed by atoms with Crippen molar-refractivity contribution in [3.63, 3.8) is 0 Å². The fourth-order valence-electron chi connectivity index (χ4n) is 12.8. The Bertz CT molecular complexity index is 5700. The molecule has 24 heteroatoms. The largest absolute Gasteiger partial charge is 0.481 e. The van der Waals surface area contributed by atoms with Crippen LogP contribution in [-0.4, -0.2) is 116 Å². The molecule has 536 valence electrons. The Morgan fingerprint density at radius 1 is 0.236 bits per heavy atom. The van der Waals surface area contributed by atoms with Crippen LogP contribution in [0.25, 0.3) is 156 Å². The van der Waals surface area contributed by atoms with Gasteiger partial charge in [0.05, 0.1) is 90.0 Å². The molecule has 0 spiro atoms. The fraction of sp³-hybridized carbons (Fsp3) is 0.105. The zero-order chi connectivity index (χ0) is 77.5. The first kappa shape index (κ1) is 72.1. The Balaban J connectivity index is 0.000000216. The lowest BCUT2D eigenvalue weighted by Crippen LogP contribution is -2.49. The molecule has 24 nitrogen and oxygen atoms in total. The van der Waals surface area contributed by atoms with E-state index < -0.39 is 40.7 Å². The highest BCUT2D eigenvalue weighted by Crippen LogP contribution is 2.44. The number of aromatic nitrogens is 14. The molecular weight excluding hydrogens is 1390 g/mol. The molecule has 0 atom stereocenters. The number of carboxylic acid groups (broad SMARTS) is 1. The van der Waals surface area contributed by atoms with Gasteiger partial charge in [0, 0.05) is 101 Å². The third kappa shape index (κ3) is 14.1. The van der Waals surface area contributed by atoms with Crippen LogP contribution in [0.2, 0.25) is 0 Å². The van der Waals surface area contributed by atoms with Crippen molar-refractivity contribution in [3.8, 4) is 90.1 Å². The molecule has 1 fully saturated rings. The average Bonchev–Trinajstić information content (AvgIpc) is 0.703. The van der Waals surface area contributed by atoms with Crippen LogP contribution in [0.5, 0.6) is 0 Å². The Hall–Kier alpha value is -14.8. The Morgan fingerprint density at radius 2 is 0.364 bits per heavy atom. The second-order valence-electron chi connectivity index (χ2n) is 26.6. The topological polar surface area (TPSA) is 372 Å². The van der Waals surface area contributed by atoms with Crippen molar-refractivity contribution in [2.75, 3.05) is 11.5 Å². The highest BCUT2D eigenvalue weighted by atomic mass is 16.4. The van der Waals surface area contributed by atoms with E-state index in [4.69, 9.17) is 81.2 Å². The summed E-state index contributed by atoms with van der Waals surface area (Å²) in [4.78, 5) is 143. The monoisotopic (exact) mass is 1450 g/mol. The van der Waals surface area contributed by atoms with E-state index in [0.717, 1.165) is 141 Å². The molecule has 16 aromatic rings. The number of hydrogen-bond donors (Lipinski definition) is 3. The molecular formula is C86H64N16O8. The number of fused-ring (bicyclic) bond motifs is 9. The molecule has 5 aromatic carbocycles. The minimum absolute atomic E-state index is 0.505. The maximum atomic E-state index is 10.4. The number of ketones is 6. The van der Waals surface area contributed by atoms with Gasteiger partial charge in [0.15, 0.2) is 0 Å². The van der Waals surface area contributed by atoms with Crippen LogP contribution in [0.4, 0.5) is 11.4 Å². The van der Waals surface area contributed by atoms with Gasteiger partial charge in [-0.25, -0.2) is 29.9 Å². The number of aryl methyl sites for hydroxylation is 8. The van der Waals surface area contributed by atoms with Gasteiger partial charge in [-0.15, -0.1) is 0 Å². The summed E-state index contributed by atoms with van der Waals surface area (Å²) in [5.41, 5.74) is 41.9. The second-order valence-corrected chi connectivity index (χ2v) is 26.6. The van der Waals surface area contributed by atoms with Gasteiger partial charge in [0.25, 0.3) is 40.7 Å². The number of hydrogen-bond acceptors (Lipinski definition) is 23. The number of benzene rings is 5. The van der Waals surface area contributed by atoms with Crippen molar-refractivity contribution >= 4 is 118 Å². The Labute approximate surface area is 627 Å². The first-order valence-electron chi connectivity index (χ1n) is 34.5. The van der Waals surface area contributed by atoms with Gasteiger partial charge in [-0.3, -0.25) is 73.4 Å². The molecule has 0 unspecified atom stereocenters. The molecule has 0 bridgehead atoms. The van der Waals surface area contributed by atoms with Crippen LogP contribution in [0.15, 0.2) is 195 Å². The van der Waals surface area contributed by atoms with Crippen LogP contribution in [-0.2, 0) is 33.6 Å². The van der Waals surface area contributed by atoms with E-state index in [1.165, 1.54) is 0 Å². The van der Waals surface area contributed by atoms with Gasteiger partial charge in [-0.1, -0.05) is 0 Å². The van der Waals surface area contributed by atoms with Gasteiger partial charge < -0.3 is 16.6 Å². The lowest BCUT2D eigenvalue weighted by atomic mass is 9.93. The quantitative estimate of drug-likeness (QED) is 0.0550. The highest BCUT2D eigenvalue weighted by molar-refractivity contribution is 7.08. The minimum Gasteiger partial charge on any atom is -0.481 e. The lowest BCUT2D eigenvalue weighted by Gasteiger charge is -2.16. The summed E-state index contributed by atoms with van der Waals surface area (Å²) in [5.74, 6) is -11.2. The molecule has 11 aromatic heterocycles. The van der Waals surface area contributed by atoms with E-state index in [9.17, 15) is 28.8 Å². The lowest BCUT2D eigenvalue weighted by molar-refractivity contribution is -0.158. The number of pyridine rings is 8. The maximum Gasteiger partial charge on any atom is 0.300 e. The number of aliphatic carboxylic acids is 1.